The molecular weight excluding hydrogens is 458 g/mol. The van der Waals surface area contributed by atoms with Gasteiger partial charge in [-0.2, -0.15) is 13.2 Å². The standard InChI is InChI=1S/C18H20O4.C6H3F4NO/c19-16-10-11-21-17(18(16)20)12-22-15-8-6-14(7-9-15)13-4-2-1-3-5-13;7-6(8,9)4-2-1-3-5(11-4)12-10/h1-9,16-20H,10-12H2;1-3H. The Labute approximate surface area is 193 Å². The zero-order valence-electron chi connectivity index (χ0n) is 17.9. The number of halogens is 4. The van der Waals surface area contributed by atoms with E-state index in [9.17, 15) is 27.9 Å². The first-order valence-electron chi connectivity index (χ1n) is 10.4. The van der Waals surface area contributed by atoms with Crippen molar-refractivity contribution < 1.29 is 42.3 Å². The molecule has 6 nitrogen and oxygen atoms in total. The van der Waals surface area contributed by atoms with Crippen LogP contribution in [0.5, 0.6) is 11.6 Å². The van der Waals surface area contributed by atoms with Gasteiger partial charge in [-0.15, -0.1) is 0 Å². The van der Waals surface area contributed by atoms with Gasteiger partial charge in [-0.3, -0.25) is 4.94 Å². The number of rotatable bonds is 5. The van der Waals surface area contributed by atoms with Crippen LogP contribution in [0.4, 0.5) is 17.7 Å². The van der Waals surface area contributed by atoms with Gasteiger partial charge in [-0.1, -0.05) is 48.5 Å². The lowest BCUT2D eigenvalue weighted by molar-refractivity contribution is -0.144. The zero-order chi connectivity index (χ0) is 24.6. The second-order valence-corrected chi connectivity index (χ2v) is 7.39. The lowest BCUT2D eigenvalue weighted by Crippen LogP contribution is -2.47. The van der Waals surface area contributed by atoms with Gasteiger partial charge in [0.15, 0.2) is 0 Å². The lowest BCUT2D eigenvalue weighted by Gasteiger charge is -2.31. The summed E-state index contributed by atoms with van der Waals surface area (Å²) in [7, 11) is 0. The van der Waals surface area contributed by atoms with Crippen molar-refractivity contribution in [1.82, 2.24) is 4.98 Å². The summed E-state index contributed by atoms with van der Waals surface area (Å²) in [5, 5.41) is 19.5. The Bertz CT molecular complexity index is 1020. The van der Waals surface area contributed by atoms with E-state index < -0.39 is 36.1 Å². The van der Waals surface area contributed by atoms with E-state index in [1.54, 1.807) is 0 Å². The summed E-state index contributed by atoms with van der Waals surface area (Å²) in [5.41, 5.74) is 1.10. The molecule has 4 rings (SSSR count). The minimum Gasteiger partial charge on any atom is -0.491 e. The molecule has 0 bridgehead atoms. The van der Waals surface area contributed by atoms with Gasteiger partial charge in [-0.05, 0) is 35.7 Å². The third kappa shape index (κ3) is 7.14. The van der Waals surface area contributed by atoms with Crippen LogP contribution in [0.1, 0.15) is 12.1 Å². The molecule has 182 valence electrons. The number of aromatic nitrogens is 1. The van der Waals surface area contributed by atoms with Gasteiger partial charge in [0.25, 0.3) is 5.88 Å². The summed E-state index contributed by atoms with van der Waals surface area (Å²) in [6, 6.07) is 20.6. The third-order valence-corrected chi connectivity index (χ3v) is 4.99. The Morgan fingerprint density at radius 3 is 2.24 bits per heavy atom. The smallest absolute Gasteiger partial charge is 0.433 e. The molecule has 1 aliphatic heterocycles. The van der Waals surface area contributed by atoms with E-state index in [1.165, 1.54) is 0 Å². The monoisotopic (exact) mass is 481 g/mol. The van der Waals surface area contributed by atoms with E-state index in [-0.39, 0.29) is 6.61 Å². The van der Waals surface area contributed by atoms with Crippen molar-refractivity contribution in [3.63, 3.8) is 0 Å². The van der Waals surface area contributed by atoms with Crippen LogP contribution in [-0.4, -0.2) is 46.7 Å². The Balaban J connectivity index is 0.000000229. The quantitative estimate of drug-likeness (QED) is 0.519. The predicted octanol–water partition coefficient (Wildman–Crippen LogP) is 4.61. The molecule has 0 amide bonds. The average molecular weight is 481 g/mol. The Morgan fingerprint density at radius 1 is 0.912 bits per heavy atom. The van der Waals surface area contributed by atoms with Gasteiger partial charge in [-0.25, -0.2) is 4.98 Å². The lowest BCUT2D eigenvalue weighted by atomic mass is 10.0. The van der Waals surface area contributed by atoms with Crippen LogP contribution in [-0.2, 0) is 10.9 Å². The molecule has 10 heteroatoms. The van der Waals surface area contributed by atoms with Gasteiger partial charge < -0.3 is 19.7 Å². The molecule has 1 aromatic heterocycles. The van der Waals surface area contributed by atoms with Crippen LogP contribution in [0.15, 0.2) is 72.8 Å². The highest BCUT2D eigenvalue weighted by Crippen LogP contribution is 2.28. The topological polar surface area (TPSA) is 81.0 Å². The SMILES string of the molecule is FOc1cccc(C(F)(F)F)n1.OC1CCOC(COc2ccc(-c3ccccc3)cc2)C1O. The van der Waals surface area contributed by atoms with E-state index in [0.717, 1.165) is 35.1 Å². The van der Waals surface area contributed by atoms with Gasteiger partial charge in [0.2, 0.25) is 0 Å². The number of benzene rings is 2. The molecule has 2 aromatic carbocycles. The van der Waals surface area contributed by atoms with Crippen LogP contribution in [0.25, 0.3) is 11.1 Å². The van der Waals surface area contributed by atoms with Gasteiger partial charge >= 0.3 is 6.18 Å². The number of hydrogen-bond acceptors (Lipinski definition) is 6. The molecule has 2 heterocycles. The second-order valence-electron chi connectivity index (χ2n) is 7.39. The van der Waals surface area contributed by atoms with Crippen LogP contribution in [0, 0.1) is 0 Å². The van der Waals surface area contributed by atoms with Crippen molar-refractivity contribution in [2.75, 3.05) is 13.2 Å². The van der Waals surface area contributed by atoms with Crippen molar-refractivity contribution >= 4 is 0 Å². The van der Waals surface area contributed by atoms with E-state index in [2.05, 4.69) is 22.1 Å². The fraction of sp³-hybridized carbons (Fsp3) is 0.292. The highest BCUT2D eigenvalue weighted by Gasteiger charge is 2.33. The summed E-state index contributed by atoms with van der Waals surface area (Å²) in [6.07, 6.45) is -6.23. The van der Waals surface area contributed by atoms with E-state index >= 15 is 0 Å². The molecular formula is C24H23F4NO5. The predicted molar refractivity (Wildman–Crippen MR) is 115 cm³/mol. The first-order chi connectivity index (χ1) is 16.3. The van der Waals surface area contributed by atoms with Crippen LogP contribution in [0.2, 0.25) is 0 Å². The molecule has 3 unspecified atom stereocenters. The normalized spacial score (nSPS) is 20.1. The van der Waals surface area contributed by atoms with E-state index in [4.69, 9.17) is 9.47 Å². The minimum atomic E-state index is -4.57. The fourth-order valence-corrected chi connectivity index (χ4v) is 3.17. The van der Waals surface area contributed by atoms with Gasteiger partial charge in [0, 0.05) is 17.2 Å². The van der Waals surface area contributed by atoms with Crippen molar-refractivity contribution in [3.05, 3.63) is 78.5 Å². The average Bonchev–Trinajstić information content (AvgIpc) is 2.86. The Hall–Kier alpha value is -3.21. The number of ether oxygens (including phenoxy) is 2. The highest BCUT2D eigenvalue weighted by molar-refractivity contribution is 5.63. The van der Waals surface area contributed by atoms with Crippen molar-refractivity contribution in [3.8, 4) is 22.8 Å². The minimum absolute atomic E-state index is 0.225. The molecule has 0 aliphatic carbocycles. The largest absolute Gasteiger partial charge is 0.491 e. The maximum absolute atomic E-state index is 11.9. The number of hydrogen-bond donors (Lipinski definition) is 2. The van der Waals surface area contributed by atoms with Crippen LogP contribution >= 0.6 is 0 Å². The van der Waals surface area contributed by atoms with Crippen molar-refractivity contribution in [2.24, 2.45) is 0 Å². The van der Waals surface area contributed by atoms with Gasteiger partial charge in [0.05, 0.1) is 6.10 Å². The summed E-state index contributed by atoms with van der Waals surface area (Å²) in [5.74, 6) is 0.0142. The zero-order valence-corrected chi connectivity index (χ0v) is 17.9. The molecule has 1 saturated heterocycles. The summed E-state index contributed by atoms with van der Waals surface area (Å²) in [4.78, 5) is 5.88. The number of aliphatic hydroxyl groups excluding tert-OH is 2. The first-order valence-corrected chi connectivity index (χ1v) is 10.4. The molecule has 0 spiro atoms. The van der Waals surface area contributed by atoms with Crippen LogP contribution < -0.4 is 9.68 Å². The fourth-order valence-electron chi connectivity index (χ4n) is 3.17. The van der Waals surface area contributed by atoms with Gasteiger partial charge in [0.1, 0.15) is 30.3 Å². The Kier molecular flexibility index (Phi) is 8.80. The van der Waals surface area contributed by atoms with E-state index in [0.29, 0.717) is 13.0 Å². The number of alkyl halides is 3. The third-order valence-electron chi connectivity index (χ3n) is 4.99. The van der Waals surface area contributed by atoms with Crippen molar-refractivity contribution in [2.45, 2.75) is 30.9 Å². The second kappa shape index (κ2) is 11.8. The number of nitrogens with zero attached hydrogens (tertiary/aromatic N) is 1. The number of pyridine rings is 1. The maximum atomic E-state index is 11.9. The molecule has 0 radical (unpaired) electrons. The van der Waals surface area contributed by atoms with Crippen molar-refractivity contribution in [1.29, 1.82) is 0 Å². The summed E-state index contributed by atoms with van der Waals surface area (Å²) >= 11 is 0. The first kappa shape index (κ1) is 25.4. The molecule has 34 heavy (non-hydrogen) atoms. The molecule has 3 atom stereocenters. The van der Waals surface area contributed by atoms with E-state index in [1.807, 2.05) is 42.5 Å². The molecule has 1 fully saturated rings. The Morgan fingerprint density at radius 2 is 1.59 bits per heavy atom. The van der Waals surface area contributed by atoms with Crippen LogP contribution in [0.3, 0.4) is 0 Å². The number of aliphatic hydroxyl groups is 2. The summed E-state index contributed by atoms with van der Waals surface area (Å²) < 4.78 is 58.1. The molecule has 1 aliphatic rings. The molecule has 2 N–H and O–H groups in total. The summed E-state index contributed by atoms with van der Waals surface area (Å²) in [6.45, 7) is 0.669. The molecule has 3 aromatic rings. The highest BCUT2D eigenvalue weighted by atomic mass is 19.4. The maximum Gasteiger partial charge on any atom is 0.433 e. The molecule has 0 saturated carbocycles.